The van der Waals surface area contributed by atoms with Crippen LogP contribution in [0.25, 0.3) is 5.70 Å². The maximum absolute atomic E-state index is 13.3. The summed E-state index contributed by atoms with van der Waals surface area (Å²) in [7, 11) is 1.68. The molecule has 2 rings (SSSR count). The number of aldehydes is 1. The minimum absolute atomic E-state index is 0.147. The van der Waals surface area contributed by atoms with Gasteiger partial charge in [-0.25, -0.2) is 13.5 Å². The zero-order chi connectivity index (χ0) is 14.3. The highest BCUT2D eigenvalue weighted by Gasteiger charge is 2.18. The van der Waals surface area contributed by atoms with Gasteiger partial charge in [0, 0.05) is 26.3 Å². The minimum Gasteiger partial charge on any atom is -0.385 e. The number of nitrogens with zero attached hydrogens (tertiary/aromatic N) is 2. The zero-order valence-electron chi connectivity index (χ0n) is 10.9. The van der Waals surface area contributed by atoms with Crippen LogP contribution in [0.15, 0.2) is 30.0 Å². The molecule has 0 saturated heterocycles. The van der Waals surface area contributed by atoms with Crippen molar-refractivity contribution in [1.82, 2.24) is 9.78 Å². The third kappa shape index (κ3) is 4.10. The van der Waals surface area contributed by atoms with Crippen molar-refractivity contribution in [1.29, 1.82) is 0 Å². The Morgan fingerprint density at radius 1 is 1.53 bits per heavy atom. The fourth-order valence-electron chi connectivity index (χ4n) is 1.43. The van der Waals surface area contributed by atoms with Crippen LogP contribution >= 0.6 is 0 Å². The topological polar surface area (TPSA) is 44.1 Å². The summed E-state index contributed by atoms with van der Waals surface area (Å²) in [6, 6.07) is 1.40. The van der Waals surface area contributed by atoms with Crippen LogP contribution in [-0.4, -0.2) is 29.8 Å². The highest BCUT2D eigenvalue weighted by Crippen LogP contribution is 2.30. The summed E-state index contributed by atoms with van der Waals surface area (Å²) in [5.74, 6) is -1.19. The van der Waals surface area contributed by atoms with E-state index in [-0.39, 0.29) is 17.8 Å². The normalized spacial score (nSPS) is 14.6. The molecule has 4 nitrogen and oxygen atoms in total. The molecule has 1 aromatic heterocycles. The summed E-state index contributed by atoms with van der Waals surface area (Å²) >= 11 is 0. The van der Waals surface area contributed by atoms with Gasteiger partial charge in [0.25, 0.3) is 0 Å². The Bertz CT molecular complexity index is 491. The molecule has 1 aliphatic rings. The Labute approximate surface area is 110 Å². The lowest BCUT2D eigenvalue weighted by atomic mass is 10.1. The lowest BCUT2D eigenvalue weighted by Gasteiger charge is -2.11. The van der Waals surface area contributed by atoms with Crippen LogP contribution in [0.2, 0.25) is 0 Å². The monoisotopic (exact) mass is 270 g/mol. The van der Waals surface area contributed by atoms with E-state index in [0.717, 1.165) is 11.3 Å². The Balaban J connectivity index is 0.000000399. The van der Waals surface area contributed by atoms with Crippen molar-refractivity contribution in [3.05, 3.63) is 35.7 Å². The Morgan fingerprint density at radius 3 is 2.68 bits per heavy atom. The summed E-state index contributed by atoms with van der Waals surface area (Å²) in [5, 5.41) is 3.72. The van der Waals surface area contributed by atoms with E-state index in [4.69, 9.17) is 0 Å². The molecule has 0 atom stereocenters. The maximum Gasteiger partial charge on any atom is 0.170 e. The summed E-state index contributed by atoms with van der Waals surface area (Å²) in [5.41, 5.74) is -0.0528. The summed E-state index contributed by atoms with van der Waals surface area (Å²) in [4.78, 5) is 10.4. The summed E-state index contributed by atoms with van der Waals surface area (Å²) in [6.45, 7) is 2.78. The first-order valence-corrected chi connectivity index (χ1v) is 5.88. The molecular weight excluding hydrogens is 254 g/mol. The van der Waals surface area contributed by atoms with Gasteiger partial charge in [-0.2, -0.15) is 5.10 Å². The van der Waals surface area contributed by atoms with Gasteiger partial charge < -0.3 is 4.74 Å². The molecule has 1 heterocycles. The van der Waals surface area contributed by atoms with Crippen molar-refractivity contribution < 1.29 is 18.3 Å². The molecule has 0 bridgehead atoms. The van der Waals surface area contributed by atoms with E-state index in [0.29, 0.717) is 12.7 Å². The second-order valence-corrected chi connectivity index (χ2v) is 3.72. The Hall–Kier alpha value is -1.82. The van der Waals surface area contributed by atoms with E-state index in [1.54, 1.807) is 7.11 Å². The van der Waals surface area contributed by atoms with Crippen LogP contribution in [0.4, 0.5) is 8.78 Å². The number of aromatic nitrogens is 2. The third-order valence-corrected chi connectivity index (χ3v) is 2.42. The van der Waals surface area contributed by atoms with Crippen LogP contribution in [0.5, 0.6) is 0 Å². The lowest BCUT2D eigenvalue weighted by molar-refractivity contribution is 0.111. The van der Waals surface area contributed by atoms with Crippen molar-refractivity contribution in [2.24, 2.45) is 0 Å². The van der Waals surface area contributed by atoms with Crippen molar-refractivity contribution in [2.75, 3.05) is 13.7 Å². The lowest BCUT2D eigenvalue weighted by Crippen LogP contribution is -2.04. The van der Waals surface area contributed by atoms with E-state index < -0.39 is 11.7 Å². The first-order valence-electron chi connectivity index (χ1n) is 5.88. The third-order valence-electron chi connectivity index (χ3n) is 2.42. The van der Waals surface area contributed by atoms with Gasteiger partial charge in [0.2, 0.25) is 0 Å². The predicted octanol–water partition coefficient (Wildman–Crippen LogP) is 3.13. The number of halogens is 2. The number of allylic oxidation sites excluding steroid dienone is 4. The van der Waals surface area contributed by atoms with E-state index in [2.05, 4.69) is 9.84 Å². The molecule has 1 aliphatic carbocycles. The van der Waals surface area contributed by atoms with E-state index in [1.807, 2.05) is 6.92 Å². The molecular formula is C13H16F2N2O2. The van der Waals surface area contributed by atoms with Crippen LogP contribution in [0.1, 0.15) is 30.3 Å². The zero-order valence-corrected chi connectivity index (χ0v) is 10.9. The molecule has 0 unspecified atom stereocenters. The van der Waals surface area contributed by atoms with Crippen molar-refractivity contribution >= 4 is 12.0 Å². The second-order valence-electron chi connectivity index (χ2n) is 3.72. The first kappa shape index (κ1) is 15.2. The van der Waals surface area contributed by atoms with Crippen molar-refractivity contribution in [2.45, 2.75) is 19.8 Å². The predicted molar refractivity (Wildman–Crippen MR) is 67.9 cm³/mol. The fraction of sp³-hybridized carbons (Fsp3) is 0.385. The van der Waals surface area contributed by atoms with Gasteiger partial charge in [-0.1, -0.05) is 0 Å². The van der Waals surface area contributed by atoms with E-state index >= 15 is 0 Å². The first-order chi connectivity index (χ1) is 9.13. The largest absolute Gasteiger partial charge is 0.385 e. The molecule has 0 N–H and O–H groups in total. The average molecular weight is 270 g/mol. The molecule has 0 amide bonds. The van der Waals surface area contributed by atoms with Gasteiger partial charge in [-0.15, -0.1) is 0 Å². The highest BCUT2D eigenvalue weighted by molar-refractivity contribution is 5.72. The second kappa shape index (κ2) is 7.58. The number of ether oxygens (including phenoxy) is 1. The van der Waals surface area contributed by atoms with Crippen LogP contribution in [0.3, 0.4) is 0 Å². The minimum atomic E-state index is -0.640. The number of methoxy groups -OCH3 is 1. The molecule has 0 saturated carbocycles. The Kier molecular flexibility index (Phi) is 6.08. The van der Waals surface area contributed by atoms with Gasteiger partial charge in [0.05, 0.1) is 0 Å². The molecule has 0 fully saturated rings. The number of hydrogen-bond donors (Lipinski definition) is 0. The van der Waals surface area contributed by atoms with Crippen molar-refractivity contribution in [3.63, 3.8) is 0 Å². The van der Waals surface area contributed by atoms with Crippen molar-refractivity contribution in [3.8, 4) is 0 Å². The molecule has 0 radical (unpaired) electrons. The van der Waals surface area contributed by atoms with E-state index in [1.165, 1.54) is 18.3 Å². The van der Waals surface area contributed by atoms with Gasteiger partial charge in [0.1, 0.15) is 23.0 Å². The molecule has 0 aliphatic heterocycles. The fourth-order valence-corrected chi connectivity index (χ4v) is 1.43. The van der Waals surface area contributed by atoms with Gasteiger partial charge in [-0.3, -0.25) is 4.79 Å². The number of carbonyl (C=O) groups excluding carboxylic acids is 1. The molecule has 0 aromatic carbocycles. The molecule has 104 valence electrons. The van der Waals surface area contributed by atoms with Gasteiger partial charge in [-0.05, 0) is 25.5 Å². The van der Waals surface area contributed by atoms with Crippen LogP contribution in [-0.2, 0) is 4.74 Å². The summed E-state index contributed by atoms with van der Waals surface area (Å²) in [6.07, 6.45) is 3.71. The number of rotatable bonds is 3. The maximum atomic E-state index is 13.3. The quantitative estimate of drug-likeness (QED) is 0.792. The van der Waals surface area contributed by atoms with Crippen LogP contribution in [0, 0.1) is 0 Å². The SMILES string of the molecule is CCOC.O=Cc1ccn(C2=C(F)CCC=C2F)n1. The smallest absolute Gasteiger partial charge is 0.170 e. The number of hydrogen-bond acceptors (Lipinski definition) is 3. The Morgan fingerprint density at radius 2 is 2.21 bits per heavy atom. The molecule has 6 heteroatoms. The van der Waals surface area contributed by atoms with Gasteiger partial charge >= 0.3 is 0 Å². The molecule has 19 heavy (non-hydrogen) atoms. The van der Waals surface area contributed by atoms with Crippen LogP contribution < -0.4 is 0 Å². The number of carbonyl (C=O) groups is 1. The van der Waals surface area contributed by atoms with Gasteiger partial charge in [0.15, 0.2) is 6.29 Å². The highest BCUT2D eigenvalue weighted by atomic mass is 19.1. The standard InChI is InChI=1S/C10H8F2N2O.C3H8O/c11-8-2-1-3-9(12)10(8)14-5-4-7(6-15)13-14;1-3-4-2/h2,4-6H,1,3H2;3H2,1-2H3. The summed E-state index contributed by atoms with van der Waals surface area (Å²) < 4.78 is 32.2. The molecule has 0 spiro atoms. The average Bonchev–Trinajstić information content (AvgIpc) is 2.87. The van der Waals surface area contributed by atoms with E-state index in [9.17, 15) is 13.6 Å². The molecule has 1 aromatic rings.